The number of ether oxygens (including phenoxy) is 5. The van der Waals surface area contributed by atoms with E-state index in [9.17, 15) is 5.11 Å². The summed E-state index contributed by atoms with van der Waals surface area (Å²) in [5.41, 5.74) is 0.966. The molecule has 150 valence electrons. The highest BCUT2D eigenvalue weighted by atomic mass is 16.9. The van der Waals surface area contributed by atoms with Crippen LogP contribution in [0.25, 0.3) is 0 Å². The molecule has 6 atom stereocenters. The normalized spacial score (nSPS) is 37.4. The molecule has 0 amide bonds. The summed E-state index contributed by atoms with van der Waals surface area (Å²) in [4.78, 5) is 2.15. The molecule has 7 nitrogen and oxygen atoms in total. The maximum atomic E-state index is 9.33. The van der Waals surface area contributed by atoms with E-state index >= 15 is 0 Å². The summed E-state index contributed by atoms with van der Waals surface area (Å²) < 4.78 is 30.7. The second kappa shape index (κ2) is 7.75. The fourth-order valence-electron chi connectivity index (χ4n) is 4.06. The van der Waals surface area contributed by atoms with Gasteiger partial charge in [-0.05, 0) is 20.4 Å². The molecule has 1 aromatic carbocycles. The number of aliphatic hydroxyl groups excluding tert-OH is 1. The first-order valence-corrected chi connectivity index (χ1v) is 9.71. The van der Waals surface area contributed by atoms with E-state index in [2.05, 4.69) is 11.8 Å². The highest BCUT2D eigenvalue weighted by Crippen LogP contribution is 2.45. The van der Waals surface area contributed by atoms with Gasteiger partial charge in [-0.1, -0.05) is 37.3 Å². The van der Waals surface area contributed by atoms with Crippen LogP contribution in [0.4, 0.5) is 0 Å². The van der Waals surface area contributed by atoms with Crippen LogP contribution in [0.5, 0.6) is 0 Å². The van der Waals surface area contributed by atoms with E-state index in [1.807, 2.05) is 44.2 Å². The fraction of sp³-hybridized carbons (Fsp3) is 0.700. The number of nitrogens with zero attached hydrogens (tertiary/aromatic N) is 1. The van der Waals surface area contributed by atoms with Gasteiger partial charge >= 0.3 is 0 Å². The van der Waals surface area contributed by atoms with Crippen LogP contribution in [0.3, 0.4) is 0 Å². The van der Waals surface area contributed by atoms with E-state index in [0.717, 1.165) is 12.1 Å². The lowest BCUT2D eigenvalue weighted by atomic mass is 10.0. The first-order chi connectivity index (χ1) is 13.0. The lowest BCUT2D eigenvalue weighted by molar-refractivity contribution is -0.311. The molecule has 3 heterocycles. The Hall–Kier alpha value is -1.06. The summed E-state index contributed by atoms with van der Waals surface area (Å²) in [6, 6.07) is 9.91. The lowest BCUT2D eigenvalue weighted by Gasteiger charge is -2.41. The predicted octanol–water partition coefficient (Wildman–Crippen LogP) is 1.66. The van der Waals surface area contributed by atoms with Gasteiger partial charge in [0, 0.05) is 18.7 Å². The number of hydrogen-bond donors (Lipinski definition) is 1. The van der Waals surface area contributed by atoms with Crippen molar-refractivity contribution in [1.29, 1.82) is 0 Å². The molecule has 3 aliphatic heterocycles. The van der Waals surface area contributed by atoms with Gasteiger partial charge < -0.3 is 28.8 Å². The summed E-state index contributed by atoms with van der Waals surface area (Å²) >= 11 is 0. The Morgan fingerprint density at radius 2 is 1.78 bits per heavy atom. The van der Waals surface area contributed by atoms with Crippen molar-refractivity contribution in [3.05, 3.63) is 35.9 Å². The summed E-state index contributed by atoms with van der Waals surface area (Å²) in [6.45, 7) is 8.01. The van der Waals surface area contributed by atoms with Crippen molar-refractivity contribution in [2.75, 3.05) is 26.2 Å². The van der Waals surface area contributed by atoms with Crippen molar-refractivity contribution in [1.82, 2.24) is 4.90 Å². The summed E-state index contributed by atoms with van der Waals surface area (Å²) in [6.07, 6.45) is -1.97. The molecule has 3 fully saturated rings. The first kappa shape index (κ1) is 19.3. The average Bonchev–Trinajstić information content (AvgIpc) is 3.14. The van der Waals surface area contributed by atoms with Crippen LogP contribution in [0, 0.1) is 0 Å². The second-order valence-corrected chi connectivity index (χ2v) is 7.70. The molecule has 4 rings (SSSR count). The molecule has 0 radical (unpaired) electrons. The second-order valence-electron chi connectivity index (χ2n) is 7.70. The van der Waals surface area contributed by atoms with Gasteiger partial charge in [0.1, 0.15) is 24.4 Å². The largest absolute Gasteiger partial charge is 0.395 e. The summed E-state index contributed by atoms with van der Waals surface area (Å²) in [5.74, 6) is -0.688. The van der Waals surface area contributed by atoms with Crippen LogP contribution in [0.1, 0.15) is 32.6 Å². The third-order valence-electron chi connectivity index (χ3n) is 5.35. The van der Waals surface area contributed by atoms with Gasteiger partial charge in [-0.25, -0.2) is 0 Å². The Labute approximate surface area is 160 Å². The Bertz CT molecular complexity index is 626. The van der Waals surface area contributed by atoms with Crippen molar-refractivity contribution in [3.63, 3.8) is 0 Å². The number of rotatable bonds is 6. The molecule has 3 aliphatic rings. The molecule has 0 aromatic heterocycles. The van der Waals surface area contributed by atoms with Gasteiger partial charge in [0.05, 0.1) is 6.61 Å². The standard InChI is InChI=1S/C20H29NO6/c1-4-21(10-11-22)12-14-15-16(17-19(24-15)27-20(2,3)26-17)25-18(23-14)13-8-6-5-7-9-13/h5-9,14-19,22H,4,10-12H2,1-3H3/t14-,15-,16+,17-,18-,19+/m1/s1. The topological polar surface area (TPSA) is 69.6 Å². The lowest BCUT2D eigenvalue weighted by Crippen LogP contribution is -2.53. The quantitative estimate of drug-likeness (QED) is 0.806. The number of likely N-dealkylation sites (N-methyl/N-ethyl adjacent to an activating group) is 1. The molecule has 3 saturated heterocycles. The molecule has 0 spiro atoms. The zero-order valence-corrected chi connectivity index (χ0v) is 16.1. The number of fused-ring (bicyclic) bond motifs is 3. The minimum absolute atomic E-state index is 0.111. The van der Waals surface area contributed by atoms with Gasteiger partial charge in [-0.3, -0.25) is 4.90 Å². The third-order valence-corrected chi connectivity index (χ3v) is 5.35. The third kappa shape index (κ3) is 3.91. The Morgan fingerprint density at radius 3 is 2.48 bits per heavy atom. The Balaban J connectivity index is 1.57. The molecular weight excluding hydrogens is 350 g/mol. The van der Waals surface area contributed by atoms with E-state index < -0.39 is 18.4 Å². The zero-order valence-electron chi connectivity index (χ0n) is 16.1. The molecule has 0 saturated carbocycles. The van der Waals surface area contributed by atoms with Crippen LogP contribution < -0.4 is 0 Å². The molecule has 0 unspecified atom stereocenters. The van der Waals surface area contributed by atoms with Crippen molar-refractivity contribution < 1.29 is 28.8 Å². The molecule has 7 heteroatoms. The number of hydrogen-bond acceptors (Lipinski definition) is 7. The predicted molar refractivity (Wildman–Crippen MR) is 96.8 cm³/mol. The average molecular weight is 379 g/mol. The molecule has 1 N–H and O–H groups in total. The fourth-order valence-corrected chi connectivity index (χ4v) is 4.06. The van der Waals surface area contributed by atoms with Crippen LogP contribution in [0.2, 0.25) is 0 Å². The molecule has 0 bridgehead atoms. The van der Waals surface area contributed by atoms with Crippen LogP contribution in [-0.4, -0.2) is 72.7 Å². The van der Waals surface area contributed by atoms with Crippen molar-refractivity contribution in [2.24, 2.45) is 0 Å². The highest BCUT2D eigenvalue weighted by Gasteiger charge is 2.60. The molecule has 0 aliphatic carbocycles. The van der Waals surface area contributed by atoms with E-state index in [4.69, 9.17) is 23.7 Å². The Morgan fingerprint density at radius 1 is 1.00 bits per heavy atom. The van der Waals surface area contributed by atoms with Crippen LogP contribution in [0.15, 0.2) is 30.3 Å². The van der Waals surface area contributed by atoms with Crippen molar-refractivity contribution >= 4 is 0 Å². The van der Waals surface area contributed by atoms with Gasteiger partial charge in [-0.15, -0.1) is 0 Å². The molecule has 1 aromatic rings. The van der Waals surface area contributed by atoms with Crippen LogP contribution >= 0.6 is 0 Å². The Kier molecular flexibility index (Phi) is 5.53. The smallest absolute Gasteiger partial charge is 0.190 e. The maximum absolute atomic E-state index is 9.33. The van der Waals surface area contributed by atoms with E-state index in [-0.39, 0.29) is 31.0 Å². The minimum Gasteiger partial charge on any atom is -0.395 e. The van der Waals surface area contributed by atoms with Gasteiger partial charge in [0.25, 0.3) is 0 Å². The van der Waals surface area contributed by atoms with Gasteiger partial charge in [0.2, 0.25) is 0 Å². The minimum atomic E-state index is -0.688. The zero-order chi connectivity index (χ0) is 19.0. The number of aliphatic hydroxyl groups is 1. The maximum Gasteiger partial charge on any atom is 0.190 e. The molecule has 27 heavy (non-hydrogen) atoms. The summed E-state index contributed by atoms with van der Waals surface area (Å²) in [5, 5.41) is 9.33. The van der Waals surface area contributed by atoms with E-state index in [0.29, 0.717) is 13.1 Å². The van der Waals surface area contributed by atoms with Crippen LogP contribution in [-0.2, 0) is 23.7 Å². The van der Waals surface area contributed by atoms with E-state index in [1.54, 1.807) is 0 Å². The number of benzene rings is 1. The van der Waals surface area contributed by atoms with E-state index in [1.165, 1.54) is 0 Å². The van der Waals surface area contributed by atoms with Gasteiger partial charge in [-0.2, -0.15) is 0 Å². The molecular formula is C20H29NO6. The van der Waals surface area contributed by atoms with Crippen molar-refractivity contribution in [3.8, 4) is 0 Å². The monoisotopic (exact) mass is 379 g/mol. The highest BCUT2D eigenvalue weighted by molar-refractivity contribution is 5.17. The summed E-state index contributed by atoms with van der Waals surface area (Å²) in [7, 11) is 0. The van der Waals surface area contributed by atoms with Crippen molar-refractivity contribution in [2.45, 2.75) is 63.6 Å². The van der Waals surface area contributed by atoms with Gasteiger partial charge in [0.15, 0.2) is 18.4 Å². The SMILES string of the molecule is CCN(CCO)C[C@H]1O[C@@H](c2ccccc2)O[C@@H]2[C@H]3OC(C)(C)O[C@@H]3O[C@@H]21. The first-order valence-electron chi connectivity index (χ1n) is 9.71.